The SMILES string of the molecule is COc1ccccc1NS(=O)(=O)c1ccc(C(=O)NNC(=O)c2ccc3ccccc3n2)cc1. The first-order valence-corrected chi connectivity index (χ1v) is 11.6. The quantitative estimate of drug-likeness (QED) is 0.367. The van der Waals surface area contributed by atoms with Gasteiger partial charge < -0.3 is 4.74 Å². The fraction of sp³-hybridized carbons (Fsp3) is 0.0417. The summed E-state index contributed by atoms with van der Waals surface area (Å²) < 4.78 is 33.0. The van der Waals surface area contributed by atoms with E-state index in [1.54, 1.807) is 42.5 Å². The van der Waals surface area contributed by atoms with Crippen LogP contribution in [0.4, 0.5) is 5.69 Å². The Morgan fingerprint density at radius 3 is 2.24 bits per heavy atom. The van der Waals surface area contributed by atoms with Crippen LogP contribution >= 0.6 is 0 Å². The summed E-state index contributed by atoms with van der Waals surface area (Å²) in [7, 11) is -2.47. The summed E-state index contributed by atoms with van der Waals surface area (Å²) in [5, 5.41) is 0.887. The molecule has 1 heterocycles. The van der Waals surface area contributed by atoms with Gasteiger partial charge in [-0.3, -0.25) is 25.2 Å². The van der Waals surface area contributed by atoms with Crippen molar-refractivity contribution in [2.24, 2.45) is 0 Å². The number of para-hydroxylation sites is 3. The molecule has 0 aliphatic rings. The van der Waals surface area contributed by atoms with Crippen LogP contribution in [0.1, 0.15) is 20.8 Å². The molecule has 1 aromatic heterocycles. The largest absolute Gasteiger partial charge is 0.495 e. The highest BCUT2D eigenvalue weighted by molar-refractivity contribution is 7.92. The molecular weight excluding hydrogens is 456 g/mol. The number of ether oxygens (including phenoxy) is 1. The van der Waals surface area contributed by atoms with Crippen molar-refractivity contribution in [2.75, 3.05) is 11.8 Å². The van der Waals surface area contributed by atoms with Gasteiger partial charge in [-0.25, -0.2) is 13.4 Å². The molecule has 0 saturated heterocycles. The number of hydrazine groups is 1. The van der Waals surface area contributed by atoms with Crippen LogP contribution in [0.2, 0.25) is 0 Å². The summed E-state index contributed by atoms with van der Waals surface area (Å²) in [5.41, 5.74) is 5.84. The molecule has 2 amide bonds. The minimum Gasteiger partial charge on any atom is -0.495 e. The summed E-state index contributed by atoms with van der Waals surface area (Å²) in [4.78, 5) is 29.0. The molecule has 3 N–H and O–H groups in total. The third-order valence-corrected chi connectivity index (χ3v) is 6.28. The van der Waals surface area contributed by atoms with Crippen molar-refractivity contribution in [1.82, 2.24) is 15.8 Å². The predicted molar refractivity (Wildman–Crippen MR) is 127 cm³/mol. The van der Waals surface area contributed by atoms with Gasteiger partial charge in [0.25, 0.3) is 21.8 Å². The van der Waals surface area contributed by atoms with Gasteiger partial charge in [-0.1, -0.05) is 36.4 Å². The summed E-state index contributed by atoms with van der Waals surface area (Å²) in [5.74, 6) is -0.825. The topological polar surface area (TPSA) is 126 Å². The zero-order valence-corrected chi connectivity index (χ0v) is 18.8. The maximum atomic E-state index is 12.7. The molecule has 0 unspecified atom stereocenters. The number of amides is 2. The van der Waals surface area contributed by atoms with E-state index >= 15 is 0 Å². The minimum atomic E-state index is -3.91. The summed E-state index contributed by atoms with van der Waals surface area (Å²) in [6.45, 7) is 0. The van der Waals surface area contributed by atoms with E-state index in [1.165, 1.54) is 31.4 Å². The Morgan fingerprint density at radius 1 is 0.794 bits per heavy atom. The molecule has 4 aromatic rings. The molecule has 9 nitrogen and oxygen atoms in total. The Morgan fingerprint density at radius 2 is 1.47 bits per heavy atom. The third kappa shape index (κ3) is 4.97. The Kier molecular flexibility index (Phi) is 6.42. The van der Waals surface area contributed by atoms with Crippen molar-refractivity contribution < 1.29 is 22.7 Å². The Labute approximate surface area is 195 Å². The molecule has 4 rings (SSSR count). The zero-order chi connectivity index (χ0) is 24.1. The summed E-state index contributed by atoms with van der Waals surface area (Å²) in [6.07, 6.45) is 0. The van der Waals surface area contributed by atoms with Gasteiger partial charge in [0.15, 0.2) is 0 Å². The zero-order valence-electron chi connectivity index (χ0n) is 18.0. The normalized spacial score (nSPS) is 11.0. The predicted octanol–water partition coefficient (Wildman–Crippen LogP) is 3.12. The Bertz CT molecular complexity index is 1470. The standard InChI is InChI=1S/C24H20N4O5S/c1-33-22-9-5-4-8-20(22)28-34(31,32)18-13-10-17(11-14-18)23(29)26-27-24(30)21-15-12-16-6-2-3-7-19(16)25-21/h2-15,28H,1H3,(H,26,29)(H,27,30). The number of hydrogen-bond acceptors (Lipinski definition) is 6. The van der Waals surface area contributed by atoms with Crippen molar-refractivity contribution in [3.63, 3.8) is 0 Å². The molecular formula is C24H20N4O5S. The first-order chi connectivity index (χ1) is 16.4. The van der Waals surface area contributed by atoms with Crippen LogP contribution < -0.4 is 20.3 Å². The number of methoxy groups -OCH3 is 1. The number of nitrogens with one attached hydrogen (secondary N) is 3. The number of benzene rings is 3. The number of anilines is 1. The van der Waals surface area contributed by atoms with E-state index in [0.29, 0.717) is 11.3 Å². The van der Waals surface area contributed by atoms with Gasteiger partial charge in [0.1, 0.15) is 11.4 Å². The van der Waals surface area contributed by atoms with E-state index in [2.05, 4.69) is 20.6 Å². The van der Waals surface area contributed by atoms with E-state index in [9.17, 15) is 18.0 Å². The lowest BCUT2D eigenvalue weighted by Gasteiger charge is -2.12. The highest BCUT2D eigenvalue weighted by Crippen LogP contribution is 2.26. The fourth-order valence-corrected chi connectivity index (χ4v) is 4.23. The molecule has 172 valence electrons. The second-order valence-corrected chi connectivity index (χ2v) is 8.81. The second kappa shape index (κ2) is 9.59. The van der Waals surface area contributed by atoms with E-state index in [1.807, 2.05) is 18.2 Å². The van der Waals surface area contributed by atoms with Gasteiger partial charge in [-0.15, -0.1) is 0 Å². The second-order valence-electron chi connectivity index (χ2n) is 7.13. The number of aromatic nitrogens is 1. The van der Waals surface area contributed by atoms with Gasteiger partial charge in [0.2, 0.25) is 0 Å². The van der Waals surface area contributed by atoms with E-state index in [-0.39, 0.29) is 21.8 Å². The van der Waals surface area contributed by atoms with Crippen LogP contribution in [0.25, 0.3) is 10.9 Å². The van der Waals surface area contributed by atoms with E-state index < -0.39 is 21.8 Å². The maximum Gasteiger partial charge on any atom is 0.288 e. The van der Waals surface area contributed by atoms with Crippen molar-refractivity contribution in [3.05, 3.63) is 96.2 Å². The third-order valence-electron chi connectivity index (χ3n) is 4.90. The Balaban J connectivity index is 1.40. The van der Waals surface area contributed by atoms with Crippen molar-refractivity contribution >= 4 is 38.4 Å². The molecule has 0 aliphatic heterocycles. The molecule has 0 spiro atoms. The van der Waals surface area contributed by atoms with Crippen molar-refractivity contribution in [3.8, 4) is 5.75 Å². The van der Waals surface area contributed by atoms with Crippen molar-refractivity contribution in [1.29, 1.82) is 0 Å². The van der Waals surface area contributed by atoms with Crippen LogP contribution in [0.5, 0.6) is 5.75 Å². The van der Waals surface area contributed by atoms with E-state index in [4.69, 9.17) is 4.74 Å². The molecule has 0 atom stereocenters. The maximum absolute atomic E-state index is 12.7. The lowest BCUT2D eigenvalue weighted by atomic mass is 10.2. The Hall–Kier alpha value is -4.44. The fourth-order valence-electron chi connectivity index (χ4n) is 3.16. The summed E-state index contributed by atoms with van der Waals surface area (Å²) >= 11 is 0. The van der Waals surface area contributed by atoms with E-state index in [0.717, 1.165) is 5.39 Å². The number of rotatable bonds is 6. The molecule has 0 fully saturated rings. The van der Waals surface area contributed by atoms with Gasteiger partial charge in [-0.05, 0) is 48.5 Å². The number of nitrogens with zero attached hydrogens (tertiary/aromatic N) is 1. The monoisotopic (exact) mass is 476 g/mol. The van der Waals surface area contributed by atoms with Gasteiger partial charge in [-0.2, -0.15) is 0 Å². The molecule has 0 bridgehead atoms. The van der Waals surface area contributed by atoms with Crippen LogP contribution in [0.15, 0.2) is 89.8 Å². The molecule has 0 saturated carbocycles. The number of pyridine rings is 1. The van der Waals surface area contributed by atoms with Gasteiger partial charge >= 0.3 is 0 Å². The number of carbonyl (C=O) groups excluding carboxylic acids is 2. The molecule has 0 aliphatic carbocycles. The number of fused-ring (bicyclic) bond motifs is 1. The molecule has 34 heavy (non-hydrogen) atoms. The number of hydrogen-bond donors (Lipinski definition) is 3. The van der Waals surface area contributed by atoms with Crippen LogP contribution in [-0.4, -0.2) is 32.3 Å². The number of sulfonamides is 1. The molecule has 3 aromatic carbocycles. The van der Waals surface area contributed by atoms with Gasteiger partial charge in [0.05, 0.1) is 23.2 Å². The lowest BCUT2D eigenvalue weighted by molar-refractivity contribution is 0.0844. The van der Waals surface area contributed by atoms with Crippen LogP contribution in [-0.2, 0) is 10.0 Å². The van der Waals surface area contributed by atoms with Crippen LogP contribution in [0, 0.1) is 0 Å². The highest BCUT2D eigenvalue weighted by atomic mass is 32.2. The van der Waals surface area contributed by atoms with Crippen molar-refractivity contribution in [2.45, 2.75) is 4.90 Å². The first-order valence-electron chi connectivity index (χ1n) is 10.1. The molecule has 10 heteroatoms. The average molecular weight is 477 g/mol. The lowest BCUT2D eigenvalue weighted by Crippen LogP contribution is -2.41. The van der Waals surface area contributed by atoms with Gasteiger partial charge in [0, 0.05) is 10.9 Å². The highest BCUT2D eigenvalue weighted by Gasteiger charge is 2.17. The average Bonchev–Trinajstić information content (AvgIpc) is 2.87. The smallest absolute Gasteiger partial charge is 0.288 e. The van der Waals surface area contributed by atoms with Crippen LogP contribution in [0.3, 0.4) is 0 Å². The number of carbonyl (C=O) groups is 2. The first kappa shape index (κ1) is 22.7. The molecule has 0 radical (unpaired) electrons. The minimum absolute atomic E-state index is 0.0423. The summed E-state index contributed by atoms with van der Waals surface area (Å²) in [6, 6.07) is 22.5.